The Morgan fingerprint density at radius 3 is 2.66 bits per heavy atom. The molecule has 0 aliphatic heterocycles. The molecule has 0 fully saturated rings. The van der Waals surface area contributed by atoms with E-state index in [1.165, 1.54) is 11.3 Å². The molecule has 0 spiro atoms. The van der Waals surface area contributed by atoms with Gasteiger partial charge >= 0.3 is 5.97 Å². The van der Waals surface area contributed by atoms with E-state index in [1.54, 1.807) is 6.92 Å². The Morgan fingerprint density at radius 1 is 1.17 bits per heavy atom. The van der Waals surface area contributed by atoms with Gasteiger partial charge in [-0.05, 0) is 50.1 Å². The van der Waals surface area contributed by atoms with Gasteiger partial charge in [0.25, 0.3) is 0 Å². The Hall–Kier alpha value is -2.35. The molecule has 6 nitrogen and oxygen atoms in total. The van der Waals surface area contributed by atoms with Crippen LogP contribution < -0.4 is 4.74 Å². The first-order chi connectivity index (χ1) is 14.0. The molecule has 0 amide bonds. The minimum Gasteiger partial charge on any atom is -0.493 e. The number of rotatable bonds is 10. The second-order valence-corrected chi connectivity index (χ2v) is 7.95. The Labute approximate surface area is 178 Å². The lowest BCUT2D eigenvalue weighted by Crippen LogP contribution is -2.06. The van der Waals surface area contributed by atoms with Crippen LogP contribution in [0.1, 0.15) is 30.4 Å². The normalized spacial score (nSPS) is 10.9. The van der Waals surface area contributed by atoms with Crippen molar-refractivity contribution in [2.45, 2.75) is 33.1 Å². The standard InChI is InChI=1S/C21H22ClNO5S/c1-3-26-28-20(24)11-6-15-4-7-16(8-5-15)25-13-12-17-14(2)27-21(23-17)18-9-10-19(22)29-18/h4-5,7-10H,3,6,11-13H2,1-2H3. The molecule has 0 radical (unpaired) electrons. The summed E-state index contributed by atoms with van der Waals surface area (Å²) in [4.78, 5) is 26.1. The summed E-state index contributed by atoms with van der Waals surface area (Å²) < 4.78 is 12.3. The number of ether oxygens (including phenoxy) is 1. The van der Waals surface area contributed by atoms with E-state index in [0.29, 0.717) is 36.3 Å². The number of benzene rings is 1. The van der Waals surface area contributed by atoms with Gasteiger partial charge in [0.05, 0.1) is 34.5 Å². The van der Waals surface area contributed by atoms with Crippen molar-refractivity contribution in [2.75, 3.05) is 13.2 Å². The van der Waals surface area contributed by atoms with Crippen molar-refractivity contribution in [1.29, 1.82) is 0 Å². The molecule has 0 bridgehead atoms. The zero-order valence-electron chi connectivity index (χ0n) is 16.3. The maximum atomic E-state index is 11.4. The number of thiophene rings is 1. The van der Waals surface area contributed by atoms with Gasteiger partial charge in [0, 0.05) is 6.42 Å². The van der Waals surface area contributed by atoms with E-state index >= 15 is 0 Å². The maximum Gasteiger partial charge on any atom is 0.342 e. The smallest absolute Gasteiger partial charge is 0.342 e. The predicted molar refractivity (Wildman–Crippen MR) is 111 cm³/mol. The van der Waals surface area contributed by atoms with Crippen molar-refractivity contribution in [3.05, 3.63) is 57.8 Å². The molecule has 29 heavy (non-hydrogen) atoms. The van der Waals surface area contributed by atoms with E-state index in [4.69, 9.17) is 20.8 Å². The highest BCUT2D eigenvalue weighted by Crippen LogP contribution is 2.31. The largest absolute Gasteiger partial charge is 0.493 e. The summed E-state index contributed by atoms with van der Waals surface area (Å²) >= 11 is 7.41. The molecule has 0 saturated heterocycles. The number of nitrogens with zero attached hydrogens (tertiary/aromatic N) is 1. The molecule has 154 valence electrons. The van der Waals surface area contributed by atoms with Crippen molar-refractivity contribution >= 4 is 28.9 Å². The van der Waals surface area contributed by atoms with Crippen molar-refractivity contribution in [2.24, 2.45) is 0 Å². The van der Waals surface area contributed by atoms with Crippen molar-refractivity contribution in [3.63, 3.8) is 0 Å². The first kappa shape index (κ1) is 21.4. The Bertz CT molecular complexity index is 935. The van der Waals surface area contributed by atoms with Crippen LogP contribution in [-0.4, -0.2) is 24.2 Å². The van der Waals surface area contributed by atoms with E-state index in [-0.39, 0.29) is 12.4 Å². The third-order valence-corrected chi connectivity index (χ3v) is 5.31. The highest BCUT2D eigenvalue weighted by molar-refractivity contribution is 7.19. The van der Waals surface area contributed by atoms with Crippen LogP contribution in [0.15, 0.2) is 40.8 Å². The molecule has 3 rings (SSSR count). The SMILES string of the molecule is CCOOC(=O)CCc1ccc(OCCc2nc(-c3ccc(Cl)s3)oc2C)cc1. The van der Waals surface area contributed by atoms with Gasteiger partial charge in [0.15, 0.2) is 0 Å². The molecule has 0 unspecified atom stereocenters. The number of oxazole rings is 1. The Morgan fingerprint density at radius 2 is 1.97 bits per heavy atom. The van der Waals surface area contributed by atoms with Gasteiger partial charge < -0.3 is 9.15 Å². The summed E-state index contributed by atoms with van der Waals surface area (Å²) in [6.07, 6.45) is 1.49. The van der Waals surface area contributed by atoms with Gasteiger partial charge in [-0.1, -0.05) is 23.7 Å². The summed E-state index contributed by atoms with van der Waals surface area (Å²) in [5.74, 6) is 1.75. The summed E-state index contributed by atoms with van der Waals surface area (Å²) in [6.45, 7) is 4.48. The lowest BCUT2D eigenvalue weighted by molar-refractivity contribution is -0.269. The number of hydrogen-bond donors (Lipinski definition) is 0. The van der Waals surface area contributed by atoms with Gasteiger partial charge in [0.1, 0.15) is 11.5 Å². The summed E-state index contributed by atoms with van der Waals surface area (Å²) in [6, 6.07) is 11.4. The zero-order valence-corrected chi connectivity index (χ0v) is 17.8. The third kappa shape index (κ3) is 6.32. The molecule has 0 atom stereocenters. The minimum absolute atomic E-state index is 0.267. The number of aromatic nitrogens is 1. The molecule has 0 saturated carbocycles. The van der Waals surface area contributed by atoms with E-state index in [9.17, 15) is 4.79 Å². The van der Waals surface area contributed by atoms with Crippen LogP contribution in [0.3, 0.4) is 0 Å². The second kappa shape index (κ2) is 10.4. The van der Waals surface area contributed by atoms with Gasteiger partial charge in [-0.25, -0.2) is 9.78 Å². The highest BCUT2D eigenvalue weighted by Gasteiger charge is 2.13. The average molecular weight is 436 g/mol. The average Bonchev–Trinajstić information content (AvgIpc) is 3.31. The molecule has 0 aliphatic carbocycles. The number of halogens is 1. The first-order valence-corrected chi connectivity index (χ1v) is 10.5. The lowest BCUT2D eigenvalue weighted by Gasteiger charge is -2.07. The van der Waals surface area contributed by atoms with Gasteiger partial charge in [-0.3, -0.25) is 4.89 Å². The predicted octanol–water partition coefficient (Wildman–Crippen LogP) is 5.41. The Balaban J connectivity index is 1.46. The van der Waals surface area contributed by atoms with Gasteiger partial charge in [0.2, 0.25) is 5.89 Å². The molecular formula is C21H22ClNO5S. The summed E-state index contributed by atoms with van der Waals surface area (Å²) in [5, 5.41) is 0. The van der Waals surface area contributed by atoms with Crippen LogP contribution in [0.25, 0.3) is 10.8 Å². The summed E-state index contributed by atoms with van der Waals surface area (Å²) in [5.41, 5.74) is 1.89. The monoisotopic (exact) mass is 435 g/mol. The molecule has 8 heteroatoms. The van der Waals surface area contributed by atoms with Crippen LogP contribution in [0, 0.1) is 6.92 Å². The van der Waals surface area contributed by atoms with Crippen molar-refractivity contribution in [3.8, 4) is 16.5 Å². The maximum absolute atomic E-state index is 11.4. The fraction of sp³-hybridized carbons (Fsp3) is 0.333. The molecule has 2 heterocycles. The fourth-order valence-electron chi connectivity index (χ4n) is 2.63. The molecule has 1 aromatic carbocycles. The van der Waals surface area contributed by atoms with Gasteiger partial charge in [-0.2, -0.15) is 4.89 Å². The molecule has 0 N–H and O–H groups in total. The molecule has 2 aromatic heterocycles. The number of hydrogen-bond acceptors (Lipinski definition) is 7. The lowest BCUT2D eigenvalue weighted by atomic mass is 10.1. The number of carbonyl (C=O) groups is 1. The summed E-state index contributed by atoms with van der Waals surface area (Å²) in [7, 11) is 0. The van der Waals surface area contributed by atoms with Gasteiger partial charge in [-0.15, -0.1) is 11.3 Å². The fourth-order valence-corrected chi connectivity index (χ4v) is 3.59. The minimum atomic E-state index is -0.376. The van der Waals surface area contributed by atoms with Crippen LogP contribution in [0.5, 0.6) is 5.75 Å². The van der Waals surface area contributed by atoms with Crippen molar-refractivity contribution < 1.29 is 23.7 Å². The molecule has 3 aromatic rings. The van der Waals surface area contributed by atoms with Crippen LogP contribution in [0.2, 0.25) is 4.34 Å². The van der Waals surface area contributed by atoms with E-state index in [1.807, 2.05) is 43.3 Å². The third-order valence-electron chi connectivity index (χ3n) is 4.10. The first-order valence-electron chi connectivity index (χ1n) is 9.31. The molecular weight excluding hydrogens is 414 g/mol. The van der Waals surface area contributed by atoms with Crippen LogP contribution in [-0.2, 0) is 27.4 Å². The number of aryl methyl sites for hydroxylation is 2. The zero-order chi connectivity index (χ0) is 20.6. The van der Waals surface area contributed by atoms with Crippen LogP contribution in [0.4, 0.5) is 0 Å². The second-order valence-electron chi connectivity index (χ2n) is 6.23. The number of carbonyl (C=O) groups excluding carboxylic acids is 1. The van der Waals surface area contributed by atoms with E-state index < -0.39 is 0 Å². The Kier molecular flexibility index (Phi) is 7.69. The van der Waals surface area contributed by atoms with Crippen molar-refractivity contribution in [1.82, 2.24) is 4.98 Å². The molecule has 0 aliphatic rings. The quantitative estimate of drug-likeness (QED) is 0.313. The van der Waals surface area contributed by atoms with Crippen LogP contribution >= 0.6 is 22.9 Å². The van der Waals surface area contributed by atoms with E-state index in [2.05, 4.69) is 14.8 Å². The topological polar surface area (TPSA) is 70.8 Å². The highest BCUT2D eigenvalue weighted by atomic mass is 35.5. The van der Waals surface area contributed by atoms with E-state index in [0.717, 1.165) is 27.6 Å².